The molecule has 26 heavy (non-hydrogen) atoms. The average molecular weight is 396 g/mol. The average Bonchev–Trinajstić information content (AvgIpc) is 2.92. The normalized spacial score (nSPS) is 10.8. The first-order valence-corrected chi connectivity index (χ1v) is 9.30. The summed E-state index contributed by atoms with van der Waals surface area (Å²) in [5.41, 5.74) is 7.95. The molecule has 0 aliphatic rings. The number of ether oxygens (including phenoxy) is 1. The van der Waals surface area contributed by atoms with E-state index in [1.807, 2.05) is 36.2 Å². The van der Waals surface area contributed by atoms with E-state index in [-0.39, 0.29) is 23.1 Å². The molecule has 0 bridgehead atoms. The molecule has 0 aliphatic carbocycles. The van der Waals surface area contributed by atoms with Crippen molar-refractivity contribution in [1.29, 1.82) is 0 Å². The summed E-state index contributed by atoms with van der Waals surface area (Å²) < 4.78 is 5.11. The molecule has 8 heteroatoms. The summed E-state index contributed by atoms with van der Waals surface area (Å²) in [6, 6.07) is 7.53. The van der Waals surface area contributed by atoms with Crippen molar-refractivity contribution in [2.24, 2.45) is 0 Å². The van der Waals surface area contributed by atoms with Crippen molar-refractivity contribution in [1.82, 2.24) is 10.2 Å². The molecule has 0 fully saturated rings. The van der Waals surface area contributed by atoms with E-state index in [9.17, 15) is 9.59 Å². The summed E-state index contributed by atoms with van der Waals surface area (Å²) in [6.07, 6.45) is 0. The lowest BCUT2D eigenvalue weighted by Crippen LogP contribution is -2.23. The van der Waals surface area contributed by atoms with Gasteiger partial charge in [0.05, 0.1) is 17.0 Å². The Hall–Kier alpha value is -2.09. The molecule has 2 aromatic rings. The van der Waals surface area contributed by atoms with Gasteiger partial charge in [-0.25, -0.2) is 4.79 Å². The fourth-order valence-electron chi connectivity index (χ4n) is 2.59. The first kappa shape index (κ1) is 20.2. The van der Waals surface area contributed by atoms with Gasteiger partial charge >= 0.3 is 5.97 Å². The Labute approximate surface area is 161 Å². The second kappa shape index (κ2) is 9.02. The van der Waals surface area contributed by atoms with Gasteiger partial charge in [-0.2, -0.15) is 0 Å². The number of benzene rings is 1. The van der Waals surface area contributed by atoms with Crippen LogP contribution in [0.1, 0.15) is 38.1 Å². The van der Waals surface area contributed by atoms with Crippen molar-refractivity contribution >= 4 is 39.8 Å². The fraction of sp³-hybridized carbons (Fsp3) is 0.333. The number of anilines is 1. The van der Waals surface area contributed by atoms with Crippen LogP contribution in [0.3, 0.4) is 0 Å². The van der Waals surface area contributed by atoms with Gasteiger partial charge < -0.3 is 15.8 Å². The molecule has 0 aliphatic heterocycles. The smallest absolute Gasteiger partial charge is 0.341 e. The van der Waals surface area contributed by atoms with Crippen molar-refractivity contribution in [2.45, 2.75) is 20.0 Å². The van der Waals surface area contributed by atoms with Crippen molar-refractivity contribution in [3.8, 4) is 0 Å². The number of nitrogens with one attached hydrogen (secondary N) is 1. The highest BCUT2D eigenvalue weighted by atomic mass is 35.5. The maximum atomic E-state index is 12.3. The quantitative estimate of drug-likeness (QED) is 0.703. The molecule has 6 nitrogen and oxygen atoms in total. The second-order valence-corrected chi connectivity index (χ2v) is 7.24. The number of hydrogen-bond donors (Lipinski definition) is 2. The van der Waals surface area contributed by atoms with Crippen molar-refractivity contribution in [3.63, 3.8) is 0 Å². The zero-order valence-electron chi connectivity index (χ0n) is 15.0. The molecule has 0 saturated heterocycles. The summed E-state index contributed by atoms with van der Waals surface area (Å²) in [5, 5.41) is 3.56. The lowest BCUT2D eigenvalue weighted by molar-refractivity contribution is 0.0526. The SMILES string of the molecule is CCOC(=O)c1c(N)sc(C(=O)NC)c1CN(C)Cc1ccc(Cl)cc1. The number of carbonyl (C=O) groups excluding carboxylic acids is 2. The largest absolute Gasteiger partial charge is 0.462 e. The molecule has 140 valence electrons. The van der Waals surface area contributed by atoms with E-state index in [0.29, 0.717) is 28.6 Å². The van der Waals surface area contributed by atoms with Crippen LogP contribution in [0, 0.1) is 0 Å². The van der Waals surface area contributed by atoms with E-state index in [0.717, 1.165) is 16.9 Å². The van der Waals surface area contributed by atoms with Crippen LogP contribution in [0.25, 0.3) is 0 Å². The minimum absolute atomic E-state index is 0.240. The van der Waals surface area contributed by atoms with E-state index >= 15 is 0 Å². The van der Waals surface area contributed by atoms with Gasteiger partial charge in [-0.15, -0.1) is 11.3 Å². The van der Waals surface area contributed by atoms with Gasteiger partial charge in [0, 0.05) is 30.7 Å². The molecule has 0 radical (unpaired) electrons. The van der Waals surface area contributed by atoms with Crippen LogP contribution >= 0.6 is 22.9 Å². The second-order valence-electron chi connectivity index (χ2n) is 5.75. The topological polar surface area (TPSA) is 84.7 Å². The molecule has 1 aromatic heterocycles. The van der Waals surface area contributed by atoms with E-state index < -0.39 is 5.97 Å². The predicted molar refractivity (Wildman–Crippen MR) is 105 cm³/mol. The molecule has 1 aromatic carbocycles. The highest BCUT2D eigenvalue weighted by Gasteiger charge is 2.27. The first-order chi connectivity index (χ1) is 12.4. The number of thiophene rings is 1. The van der Waals surface area contributed by atoms with E-state index in [4.69, 9.17) is 22.1 Å². The van der Waals surface area contributed by atoms with Crippen LogP contribution in [-0.2, 0) is 17.8 Å². The Morgan fingerprint density at radius 3 is 2.50 bits per heavy atom. The van der Waals surface area contributed by atoms with Gasteiger partial charge in [0.25, 0.3) is 5.91 Å². The van der Waals surface area contributed by atoms with Crippen molar-refractivity contribution < 1.29 is 14.3 Å². The Kier molecular flexibility index (Phi) is 7.02. The molecule has 0 saturated carbocycles. The number of carbonyl (C=O) groups is 2. The molecule has 0 spiro atoms. The Balaban J connectivity index is 2.31. The number of rotatable bonds is 7. The fourth-order valence-corrected chi connectivity index (χ4v) is 3.73. The zero-order valence-corrected chi connectivity index (χ0v) is 16.5. The van der Waals surface area contributed by atoms with Crippen LogP contribution in [0.15, 0.2) is 24.3 Å². The Bertz CT molecular complexity index is 790. The number of esters is 1. The third-order valence-electron chi connectivity index (χ3n) is 3.74. The van der Waals surface area contributed by atoms with Gasteiger partial charge in [0.2, 0.25) is 0 Å². The van der Waals surface area contributed by atoms with Gasteiger partial charge in [-0.1, -0.05) is 23.7 Å². The number of halogens is 1. The van der Waals surface area contributed by atoms with Gasteiger partial charge in [-0.05, 0) is 31.7 Å². The summed E-state index contributed by atoms with van der Waals surface area (Å²) in [6.45, 7) is 2.98. The number of amides is 1. The molecule has 2 rings (SSSR count). The highest BCUT2D eigenvalue weighted by molar-refractivity contribution is 7.18. The number of nitrogens with two attached hydrogens (primary N) is 1. The molecule has 3 N–H and O–H groups in total. The highest BCUT2D eigenvalue weighted by Crippen LogP contribution is 2.33. The third-order valence-corrected chi connectivity index (χ3v) is 5.05. The maximum Gasteiger partial charge on any atom is 0.341 e. The first-order valence-electron chi connectivity index (χ1n) is 8.10. The molecule has 1 amide bonds. The molecular formula is C18H22ClN3O3S. The minimum atomic E-state index is -0.508. The number of nitrogen functional groups attached to an aromatic ring is 1. The van der Waals surface area contributed by atoms with Crippen LogP contribution in [0.5, 0.6) is 0 Å². The molecule has 0 atom stereocenters. The summed E-state index contributed by atoms with van der Waals surface area (Å²) in [5.74, 6) is -0.779. The van der Waals surface area contributed by atoms with E-state index in [1.54, 1.807) is 14.0 Å². The summed E-state index contributed by atoms with van der Waals surface area (Å²) >= 11 is 7.01. The van der Waals surface area contributed by atoms with Gasteiger partial charge in [-0.3, -0.25) is 9.69 Å². The van der Waals surface area contributed by atoms with Crippen LogP contribution in [0.4, 0.5) is 5.00 Å². The van der Waals surface area contributed by atoms with E-state index in [2.05, 4.69) is 5.32 Å². The number of nitrogens with zero attached hydrogens (tertiary/aromatic N) is 1. The number of hydrogen-bond acceptors (Lipinski definition) is 6. The van der Waals surface area contributed by atoms with Gasteiger partial charge in [0.1, 0.15) is 5.00 Å². The monoisotopic (exact) mass is 395 g/mol. The Morgan fingerprint density at radius 2 is 1.92 bits per heavy atom. The van der Waals surface area contributed by atoms with Gasteiger partial charge in [0.15, 0.2) is 0 Å². The van der Waals surface area contributed by atoms with Crippen molar-refractivity contribution in [2.75, 3.05) is 26.4 Å². The maximum absolute atomic E-state index is 12.3. The summed E-state index contributed by atoms with van der Waals surface area (Å²) in [4.78, 5) is 27.0. The van der Waals surface area contributed by atoms with Crippen LogP contribution in [0.2, 0.25) is 5.02 Å². The predicted octanol–water partition coefficient (Wildman–Crippen LogP) is 3.15. The molecule has 1 heterocycles. The standard InChI is InChI=1S/C18H22ClN3O3S/c1-4-25-18(24)14-13(15(17(23)21-2)26-16(14)20)10-22(3)9-11-5-7-12(19)8-6-11/h5-8H,4,9-10,20H2,1-3H3,(H,21,23). The minimum Gasteiger partial charge on any atom is -0.462 e. The van der Waals surface area contributed by atoms with Crippen molar-refractivity contribution in [3.05, 3.63) is 50.9 Å². The lowest BCUT2D eigenvalue weighted by Gasteiger charge is -2.18. The summed E-state index contributed by atoms with van der Waals surface area (Å²) in [7, 11) is 3.45. The molecular weight excluding hydrogens is 374 g/mol. The third kappa shape index (κ3) is 4.75. The lowest BCUT2D eigenvalue weighted by atomic mass is 10.1. The van der Waals surface area contributed by atoms with E-state index in [1.165, 1.54) is 0 Å². The Morgan fingerprint density at radius 1 is 1.27 bits per heavy atom. The zero-order chi connectivity index (χ0) is 19.3. The molecule has 0 unspecified atom stereocenters. The van der Waals surface area contributed by atoms with Crippen LogP contribution in [-0.4, -0.2) is 37.5 Å². The van der Waals surface area contributed by atoms with Crippen LogP contribution < -0.4 is 11.1 Å².